The molecule has 5 nitrogen and oxygen atoms in total. The Hall–Kier alpha value is -0.200. The van der Waals surface area contributed by atoms with E-state index < -0.39 is 30.7 Å². The van der Waals surface area contributed by atoms with Gasteiger partial charge in [0, 0.05) is 14.2 Å². The molecule has 78 valence electrons. The van der Waals surface area contributed by atoms with Gasteiger partial charge in [-0.25, -0.2) is 0 Å². The number of aliphatic hydroxyl groups is 2. The van der Waals surface area contributed by atoms with E-state index in [0.717, 1.165) is 0 Å². The molecule has 0 aromatic rings. The van der Waals surface area contributed by atoms with E-state index in [0.29, 0.717) is 0 Å². The van der Waals surface area contributed by atoms with E-state index in [1.54, 1.807) is 6.92 Å². The standard InChI is InChI=1S/C8H16O5/c1-4-5(9)6(11-2)7(12-3)8(10)13-4/h4-10H,1-3H3/t4-,5+,6+,7-,8-/m0/s1. The second kappa shape index (κ2) is 4.34. The van der Waals surface area contributed by atoms with Crippen molar-refractivity contribution in [3.63, 3.8) is 0 Å². The maximum absolute atomic E-state index is 9.62. The average Bonchev–Trinajstić information content (AvgIpc) is 2.10. The quantitative estimate of drug-likeness (QED) is 0.594. The van der Waals surface area contributed by atoms with Crippen LogP contribution >= 0.6 is 0 Å². The van der Waals surface area contributed by atoms with Gasteiger partial charge in [0.1, 0.15) is 18.3 Å². The summed E-state index contributed by atoms with van der Waals surface area (Å²) in [5, 5.41) is 19.0. The summed E-state index contributed by atoms with van der Waals surface area (Å²) in [5.41, 5.74) is 0. The predicted molar refractivity (Wildman–Crippen MR) is 44.2 cm³/mol. The Balaban J connectivity index is 2.71. The van der Waals surface area contributed by atoms with Crippen LogP contribution in [0.4, 0.5) is 0 Å². The molecule has 1 fully saturated rings. The van der Waals surface area contributed by atoms with Crippen LogP contribution in [0.2, 0.25) is 0 Å². The Morgan fingerprint density at radius 1 is 1.08 bits per heavy atom. The number of aliphatic hydroxyl groups excluding tert-OH is 2. The topological polar surface area (TPSA) is 68.2 Å². The molecule has 5 atom stereocenters. The number of methoxy groups -OCH3 is 2. The van der Waals surface area contributed by atoms with Crippen LogP contribution in [0.5, 0.6) is 0 Å². The van der Waals surface area contributed by atoms with Crippen molar-refractivity contribution in [3.05, 3.63) is 0 Å². The van der Waals surface area contributed by atoms with E-state index in [9.17, 15) is 10.2 Å². The highest BCUT2D eigenvalue weighted by molar-refractivity contribution is 4.88. The number of hydrogen-bond acceptors (Lipinski definition) is 5. The second-order valence-electron chi connectivity index (χ2n) is 3.12. The molecule has 0 spiro atoms. The minimum Gasteiger partial charge on any atom is -0.388 e. The van der Waals surface area contributed by atoms with Gasteiger partial charge in [-0.05, 0) is 6.92 Å². The largest absolute Gasteiger partial charge is 0.388 e. The van der Waals surface area contributed by atoms with Crippen molar-refractivity contribution in [3.8, 4) is 0 Å². The van der Waals surface area contributed by atoms with E-state index in [2.05, 4.69) is 0 Å². The SMILES string of the molecule is CO[C@@H]1[C@H](O)[C@H](C)O[C@H](O)[C@H]1OC. The summed E-state index contributed by atoms with van der Waals surface area (Å²) in [5.74, 6) is 0. The zero-order valence-corrected chi connectivity index (χ0v) is 8.01. The Kier molecular flexibility index (Phi) is 3.63. The normalized spacial score (nSPS) is 46.4. The van der Waals surface area contributed by atoms with Gasteiger partial charge in [0.25, 0.3) is 0 Å². The van der Waals surface area contributed by atoms with E-state index in [-0.39, 0.29) is 0 Å². The summed E-state index contributed by atoms with van der Waals surface area (Å²) in [7, 11) is 2.90. The molecule has 13 heavy (non-hydrogen) atoms. The number of rotatable bonds is 2. The van der Waals surface area contributed by atoms with Crippen LogP contribution in [0, 0.1) is 0 Å². The monoisotopic (exact) mass is 192 g/mol. The minimum atomic E-state index is -1.05. The molecule has 2 N–H and O–H groups in total. The van der Waals surface area contributed by atoms with Gasteiger partial charge in [-0.15, -0.1) is 0 Å². The van der Waals surface area contributed by atoms with E-state index >= 15 is 0 Å². The lowest BCUT2D eigenvalue weighted by Gasteiger charge is -2.40. The molecule has 1 heterocycles. The van der Waals surface area contributed by atoms with Gasteiger partial charge in [-0.1, -0.05) is 0 Å². The molecule has 1 aliphatic rings. The molecular formula is C8H16O5. The van der Waals surface area contributed by atoms with Crippen LogP contribution in [-0.4, -0.2) is 55.1 Å². The molecular weight excluding hydrogens is 176 g/mol. The van der Waals surface area contributed by atoms with Gasteiger partial charge >= 0.3 is 0 Å². The third-order valence-electron chi connectivity index (χ3n) is 2.32. The highest BCUT2D eigenvalue weighted by atomic mass is 16.7. The van der Waals surface area contributed by atoms with Crippen molar-refractivity contribution in [2.45, 2.75) is 37.6 Å². The first-order chi connectivity index (χ1) is 6.11. The molecule has 0 saturated carbocycles. The first-order valence-corrected chi connectivity index (χ1v) is 4.19. The Morgan fingerprint density at radius 2 is 1.62 bits per heavy atom. The molecule has 0 amide bonds. The Labute approximate surface area is 77.2 Å². The summed E-state index contributed by atoms with van der Waals surface area (Å²) < 4.78 is 15.0. The molecule has 0 aromatic heterocycles. The maximum Gasteiger partial charge on any atom is 0.184 e. The fourth-order valence-electron chi connectivity index (χ4n) is 1.53. The van der Waals surface area contributed by atoms with Crippen LogP contribution in [0.3, 0.4) is 0 Å². The van der Waals surface area contributed by atoms with Crippen molar-refractivity contribution in [1.29, 1.82) is 0 Å². The zero-order chi connectivity index (χ0) is 10.0. The zero-order valence-electron chi connectivity index (χ0n) is 8.01. The molecule has 0 radical (unpaired) electrons. The Bertz CT molecular complexity index is 163. The van der Waals surface area contributed by atoms with Gasteiger partial charge in [-0.3, -0.25) is 0 Å². The average molecular weight is 192 g/mol. The van der Waals surface area contributed by atoms with Gasteiger partial charge in [0.2, 0.25) is 0 Å². The van der Waals surface area contributed by atoms with Crippen molar-refractivity contribution >= 4 is 0 Å². The molecule has 1 aliphatic heterocycles. The summed E-state index contributed by atoms with van der Waals surface area (Å²) in [6, 6.07) is 0. The summed E-state index contributed by atoms with van der Waals surface area (Å²) in [6.45, 7) is 1.67. The molecule has 0 aromatic carbocycles. The summed E-state index contributed by atoms with van der Waals surface area (Å²) in [6.07, 6.45) is -3.47. The van der Waals surface area contributed by atoms with Crippen molar-refractivity contribution in [1.82, 2.24) is 0 Å². The molecule has 5 heteroatoms. The highest BCUT2D eigenvalue weighted by Crippen LogP contribution is 2.23. The third-order valence-corrected chi connectivity index (χ3v) is 2.32. The van der Waals surface area contributed by atoms with Crippen LogP contribution < -0.4 is 0 Å². The van der Waals surface area contributed by atoms with Gasteiger partial charge in [-0.2, -0.15) is 0 Å². The van der Waals surface area contributed by atoms with Gasteiger partial charge < -0.3 is 24.4 Å². The predicted octanol–water partition coefficient (Wildman–Crippen LogP) is -0.886. The number of ether oxygens (including phenoxy) is 3. The molecule has 1 saturated heterocycles. The lowest BCUT2D eigenvalue weighted by molar-refractivity contribution is -0.287. The van der Waals surface area contributed by atoms with Gasteiger partial charge in [0.15, 0.2) is 6.29 Å². The lowest BCUT2D eigenvalue weighted by Crippen LogP contribution is -2.57. The summed E-state index contributed by atoms with van der Waals surface area (Å²) in [4.78, 5) is 0. The minimum absolute atomic E-state index is 0.452. The third kappa shape index (κ3) is 2.00. The summed E-state index contributed by atoms with van der Waals surface area (Å²) >= 11 is 0. The highest BCUT2D eigenvalue weighted by Gasteiger charge is 2.43. The number of hydrogen-bond donors (Lipinski definition) is 2. The van der Waals surface area contributed by atoms with Crippen LogP contribution in [-0.2, 0) is 14.2 Å². The first-order valence-electron chi connectivity index (χ1n) is 4.19. The van der Waals surface area contributed by atoms with Crippen LogP contribution in [0.1, 0.15) is 6.92 Å². The van der Waals surface area contributed by atoms with Crippen molar-refractivity contribution in [2.75, 3.05) is 14.2 Å². The van der Waals surface area contributed by atoms with Crippen molar-refractivity contribution < 1.29 is 24.4 Å². The van der Waals surface area contributed by atoms with E-state index in [1.165, 1.54) is 14.2 Å². The van der Waals surface area contributed by atoms with Crippen LogP contribution in [0.15, 0.2) is 0 Å². The molecule has 0 bridgehead atoms. The molecule has 0 aliphatic carbocycles. The lowest BCUT2D eigenvalue weighted by atomic mass is 10.00. The fourth-order valence-corrected chi connectivity index (χ4v) is 1.53. The van der Waals surface area contributed by atoms with Crippen LogP contribution in [0.25, 0.3) is 0 Å². The first kappa shape index (κ1) is 10.9. The maximum atomic E-state index is 9.62. The van der Waals surface area contributed by atoms with E-state index in [1.807, 2.05) is 0 Å². The van der Waals surface area contributed by atoms with E-state index in [4.69, 9.17) is 14.2 Å². The smallest absolute Gasteiger partial charge is 0.184 e. The van der Waals surface area contributed by atoms with Crippen molar-refractivity contribution in [2.24, 2.45) is 0 Å². The van der Waals surface area contributed by atoms with Gasteiger partial charge in [0.05, 0.1) is 6.10 Å². The fraction of sp³-hybridized carbons (Fsp3) is 1.00. The second-order valence-corrected chi connectivity index (χ2v) is 3.12. The molecule has 0 unspecified atom stereocenters. The molecule has 1 rings (SSSR count). The Morgan fingerprint density at radius 3 is 2.08 bits per heavy atom.